The number of sulfonamides is 1. The van der Waals surface area contributed by atoms with Crippen LogP contribution in [0.1, 0.15) is 24.2 Å². The highest BCUT2D eigenvalue weighted by Crippen LogP contribution is 2.29. The van der Waals surface area contributed by atoms with Gasteiger partial charge in [0, 0.05) is 37.3 Å². The number of hydrogen-bond acceptors (Lipinski definition) is 5. The van der Waals surface area contributed by atoms with Gasteiger partial charge in [-0.3, -0.25) is 4.68 Å². The van der Waals surface area contributed by atoms with Gasteiger partial charge in [-0.1, -0.05) is 17.7 Å². The fourth-order valence-electron chi connectivity index (χ4n) is 3.45. The quantitative estimate of drug-likeness (QED) is 0.779. The Balaban J connectivity index is 1.51. The standard InChI is InChI=1S/C19H25N3O4S/c1-14-3-5-18(6-4-14)27(23,24)22-8-15(2)26-19(11-22)17-7-20-21(10-17)9-16-12-25-13-16/h3-7,10,15-16,19H,8-9,11-13H2,1-2H3/t15-,19-/m1/s1. The van der Waals surface area contributed by atoms with Crippen molar-refractivity contribution in [3.63, 3.8) is 0 Å². The van der Waals surface area contributed by atoms with Gasteiger partial charge in [0.15, 0.2) is 0 Å². The predicted octanol–water partition coefficient (Wildman–Crippen LogP) is 1.99. The van der Waals surface area contributed by atoms with Crippen molar-refractivity contribution in [3.05, 3.63) is 47.8 Å². The molecule has 146 valence electrons. The Hall–Kier alpha value is -1.74. The molecule has 27 heavy (non-hydrogen) atoms. The molecule has 2 fully saturated rings. The van der Waals surface area contributed by atoms with Gasteiger partial charge in [0.2, 0.25) is 10.0 Å². The van der Waals surface area contributed by atoms with Crippen LogP contribution < -0.4 is 0 Å². The van der Waals surface area contributed by atoms with E-state index >= 15 is 0 Å². The van der Waals surface area contributed by atoms with Gasteiger partial charge in [-0.05, 0) is 26.0 Å². The van der Waals surface area contributed by atoms with Crippen LogP contribution in [-0.2, 0) is 26.0 Å². The summed E-state index contributed by atoms with van der Waals surface area (Å²) in [6.07, 6.45) is 3.23. The van der Waals surface area contributed by atoms with Gasteiger partial charge in [-0.2, -0.15) is 9.40 Å². The zero-order valence-electron chi connectivity index (χ0n) is 15.6. The fraction of sp³-hybridized carbons (Fsp3) is 0.526. The van der Waals surface area contributed by atoms with Crippen molar-refractivity contribution >= 4 is 10.0 Å². The zero-order chi connectivity index (χ0) is 19.0. The molecule has 8 heteroatoms. The van der Waals surface area contributed by atoms with E-state index in [9.17, 15) is 8.42 Å². The molecule has 3 heterocycles. The van der Waals surface area contributed by atoms with Crippen LogP contribution in [-0.4, -0.2) is 54.9 Å². The first-order valence-corrected chi connectivity index (χ1v) is 10.7. The Morgan fingerprint density at radius 1 is 1.19 bits per heavy atom. The summed E-state index contributed by atoms with van der Waals surface area (Å²) >= 11 is 0. The van der Waals surface area contributed by atoms with Crippen LogP contribution in [0, 0.1) is 12.8 Å². The van der Waals surface area contributed by atoms with Crippen LogP contribution in [0.15, 0.2) is 41.6 Å². The number of ether oxygens (including phenoxy) is 2. The third-order valence-corrected chi connectivity index (χ3v) is 6.91. The van der Waals surface area contributed by atoms with Crippen LogP contribution in [0.4, 0.5) is 0 Å². The Bertz CT molecular complexity index is 890. The molecule has 2 saturated heterocycles. The van der Waals surface area contributed by atoms with Gasteiger partial charge in [0.05, 0.1) is 36.5 Å². The number of aromatic nitrogens is 2. The maximum atomic E-state index is 13.1. The molecule has 2 aliphatic rings. The normalized spacial score (nSPS) is 24.7. The Morgan fingerprint density at radius 2 is 1.93 bits per heavy atom. The molecule has 0 aliphatic carbocycles. The van der Waals surface area contributed by atoms with E-state index in [1.54, 1.807) is 18.3 Å². The molecule has 0 radical (unpaired) electrons. The second-order valence-electron chi connectivity index (χ2n) is 7.47. The van der Waals surface area contributed by atoms with E-state index in [-0.39, 0.29) is 12.2 Å². The molecule has 0 saturated carbocycles. The Morgan fingerprint density at radius 3 is 2.59 bits per heavy atom. The highest BCUT2D eigenvalue weighted by Gasteiger charge is 2.35. The van der Waals surface area contributed by atoms with Crippen LogP contribution in [0.25, 0.3) is 0 Å². The number of nitrogens with zero attached hydrogens (tertiary/aromatic N) is 3. The van der Waals surface area contributed by atoms with E-state index in [0.29, 0.717) is 23.9 Å². The highest BCUT2D eigenvalue weighted by molar-refractivity contribution is 7.89. The minimum absolute atomic E-state index is 0.188. The highest BCUT2D eigenvalue weighted by atomic mass is 32.2. The van der Waals surface area contributed by atoms with Crippen molar-refractivity contribution < 1.29 is 17.9 Å². The molecule has 7 nitrogen and oxygen atoms in total. The lowest BCUT2D eigenvalue weighted by Crippen LogP contribution is -2.45. The second-order valence-corrected chi connectivity index (χ2v) is 9.41. The first kappa shape index (κ1) is 18.6. The zero-order valence-corrected chi connectivity index (χ0v) is 16.4. The van der Waals surface area contributed by atoms with Gasteiger partial charge in [0.1, 0.15) is 0 Å². The molecule has 1 aromatic heterocycles. The molecular formula is C19H25N3O4S. The molecule has 0 unspecified atom stereocenters. The Kier molecular flexibility index (Phi) is 5.07. The molecule has 0 amide bonds. The predicted molar refractivity (Wildman–Crippen MR) is 99.8 cm³/mol. The molecule has 2 aliphatic heterocycles. The lowest BCUT2D eigenvalue weighted by Gasteiger charge is -2.35. The SMILES string of the molecule is Cc1ccc(S(=O)(=O)N2C[C@@H](C)O[C@@H](c3cnn(CC4COC4)c3)C2)cc1. The molecule has 0 bridgehead atoms. The smallest absolute Gasteiger partial charge is 0.243 e. The Labute approximate surface area is 159 Å². The van der Waals surface area contributed by atoms with Crippen LogP contribution in [0.5, 0.6) is 0 Å². The van der Waals surface area contributed by atoms with E-state index in [1.165, 1.54) is 4.31 Å². The first-order valence-electron chi connectivity index (χ1n) is 9.24. The van der Waals surface area contributed by atoms with Crippen LogP contribution in [0.3, 0.4) is 0 Å². The minimum Gasteiger partial charge on any atom is -0.381 e. The minimum atomic E-state index is -3.55. The first-order chi connectivity index (χ1) is 12.9. The third-order valence-electron chi connectivity index (χ3n) is 5.06. The van der Waals surface area contributed by atoms with E-state index in [0.717, 1.165) is 30.9 Å². The maximum absolute atomic E-state index is 13.1. The summed E-state index contributed by atoms with van der Waals surface area (Å²) in [5.74, 6) is 0.502. The van der Waals surface area contributed by atoms with Crippen molar-refractivity contribution in [2.45, 2.75) is 37.5 Å². The molecule has 2 aromatic rings. The van der Waals surface area contributed by atoms with Crippen molar-refractivity contribution in [3.8, 4) is 0 Å². The second kappa shape index (κ2) is 7.35. The van der Waals surface area contributed by atoms with E-state index in [1.807, 2.05) is 36.9 Å². The number of benzene rings is 1. The summed E-state index contributed by atoms with van der Waals surface area (Å²) in [5, 5.41) is 4.41. The third kappa shape index (κ3) is 3.94. The maximum Gasteiger partial charge on any atom is 0.243 e. The van der Waals surface area contributed by atoms with E-state index in [2.05, 4.69) is 5.10 Å². The molecule has 2 atom stereocenters. The lowest BCUT2D eigenvalue weighted by atomic mass is 10.1. The van der Waals surface area contributed by atoms with E-state index < -0.39 is 10.0 Å². The monoisotopic (exact) mass is 391 g/mol. The topological polar surface area (TPSA) is 73.7 Å². The van der Waals surface area contributed by atoms with E-state index in [4.69, 9.17) is 9.47 Å². The van der Waals surface area contributed by atoms with Crippen LogP contribution >= 0.6 is 0 Å². The number of hydrogen-bond donors (Lipinski definition) is 0. The summed E-state index contributed by atoms with van der Waals surface area (Å²) in [6, 6.07) is 6.97. The number of aryl methyl sites for hydroxylation is 1. The molecule has 4 rings (SSSR count). The van der Waals surface area contributed by atoms with Gasteiger partial charge >= 0.3 is 0 Å². The molecule has 0 spiro atoms. The average Bonchev–Trinajstić information content (AvgIpc) is 3.07. The van der Waals surface area contributed by atoms with Crippen molar-refractivity contribution in [1.29, 1.82) is 0 Å². The number of morpholine rings is 1. The summed E-state index contributed by atoms with van der Waals surface area (Å²) in [7, 11) is -3.55. The lowest BCUT2D eigenvalue weighted by molar-refractivity contribution is -0.0559. The van der Waals surface area contributed by atoms with Gasteiger partial charge in [-0.15, -0.1) is 0 Å². The van der Waals surface area contributed by atoms with Gasteiger partial charge < -0.3 is 9.47 Å². The summed E-state index contributed by atoms with van der Waals surface area (Å²) in [5.41, 5.74) is 1.94. The van der Waals surface area contributed by atoms with Gasteiger partial charge in [0.25, 0.3) is 0 Å². The summed E-state index contributed by atoms with van der Waals surface area (Å²) < 4.78 is 40.8. The van der Waals surface area contributed by atoms with Crippen LogP contribution in [0.2, 0.25) is 0 Å². The summed E-state index contributed by atoms with van der Waals surface area (Å²) in [4.78, 5) is 0.321. The molecule has 0 N–H and O–H groups in total. The molecular weight excluding hydrogens is 366 g/mol. The number of rotatable bonds is 5. The van der Waals surface area contributed by atoms with Crippen molar-refractivity contribution in [2.75, 3.05) is 26.3 Å². The van der Waals surface area contributed by atoms with Crippen molar-refractivity contribution in [2.24, 2.45) is 5.92 Å². The fourth-order valence-corrected chi connectivity index (χ4v) is 4.97. The largest absolute Gasteiger partial charge is 0.381 e. The summed E-state index contributed by atoms with van der Waals surface area (Å²) in [6.45, 7) is 6.84. The van der Waals surface area contributed by atoms with Gasteiger partial charge in [-0.25, -0.2) is 8.42 Å². The average molecular weight is 391 g/mol. The molecule has 1 aromatic carbocycles. The van der Waals surface area contributed by atoms with Crippen molar-refractivity contribution in [1.82, 2.24) is 14.1 Å².